The molecule has 4 nitrogen and oxygen atoms in total. The SMILES string of the molecule is CC1(O)CN(c2cc(-c3cc(F)cc(Br)c3O)cnc2C2CC2)CC12CC2. The molecule has 3 aliphatic rings. The fourth-order valence-corrected chi connectivity index (χ4v) is 4.90. The number of rotatable bonds is 3. The first-order valence-electron chi connectivity index (χ1n) is 9.45. The van der Waals surface area contributed by atoms with Crippen LogP contribution in [0.2, 0.25) is 0 Å². The number of aromatic nitrogens is 1. The van der Waals surface area contributed by atoms with Crippen molar-refractivity contribution in [1.29, 1.82) is 0 Å². The van der Waals surface area contributed by atoms with E-state index in [1.807, 2.05) is 13.0 Å². The highest BCUT2D eigenvalue weighted by Crippen LogP contribution is 2.59. The zero-order chi connectivity index (χ0) is 19.0. The van der Waals surface area contributed by atoms with E-state index in [9.17, 15) is 14.6 Å². The number of hydrogen-bond acceptors (Lipinski definition) is 4. The highest BCUT2D eigenvalue weighted by molar-refractivity contribution is 9.10. The molecule has 142 valence electrons. The normalized spacial score (nSPS) is 26.0. The molecule has 2 heterocycles. The van der Waals surface area contributed by atoms with E-state index in [-0.39, 0.29) is 11.2 Å². The molecule has 1 aromatic heterocycles. The molecule has 1 aliphatic heterocycles. The molecule has 5 rings (SSSR count). The van der Waals surface area contributed by atoms with Gasteiger partial charge in [0.15, 0.2) is 0 Å². The van der Waals surface area contributed by atoms with Gasteiger partial charge in [-0.05, 0) is 66.7 Å². The van der Waals surface area contributed by atoms with E-state index < -0.39 is 11.4 Å². The molecule has 1 aromatic carbocycles. The molecule has 1 unspecified atom stereocenters. The van der Waals surface area contributed by atoms with Gasteiger partial charge >= 0.3 is 0 Å². The van der Waals surface area contributed by atoms with E-state index in [0.717, 1.165) is 43.6 Å². The lowest BCUT2D eigenvalue weighted by molar-refractivity contribution is 0.0244. The van der Waals surface area contributed by atoms with Gasteiger partial charge in [0.1, 0.15) is 11.6 Å². The third-order valence-electron chi connectivity index (χ3n) is 6.53. The van der Waals surface area contributed by atoms with Crippen molar-refractivity contribution >= 4 is 21.6 Å². The van der Waals surface area contributed by atoms with Crippen LogP contribution in [0.15, 0.2) is 28.9 Å². The summed E-state index contributed by atoms with van der Waals surface area (Å²) in [6.45, 7) is 3.34. The summed E-state index contributed by atoms with van der Waals surface area (Å²) < 4.78 is 14.2. The number of aliphatic hydroxyl groups is 1. The lowest BCUT2D eigenvalue weighted by atomic mass is 9.90. The van der Waals surface area contributed by atoms with Crippen LogP contribution in [0.5, 0.6) is 5.75 Å². The minimum Gasteiger partial charge on any atom is -0.506 e. The third-order valence-corrected chi connectivity index (χ3v) is 7.13. The van der Waals surface area contributed by atoms with Crippen LogP contribution in [-0.2, 0) is 0 Å². The Balaban J connectivity index is 1.60. The Labute approximate surface area is 166 Å². The van der Waals surface area contributed by atoms with Crippen LogP contribution in [0.25, 0.3) is 11.1 Å². The van der Waals surface area contributed by atoms with Gasteiger partial charge in [0, 0.05) is 41.7 Å². The summed E-state index contributed by atoms with van der Waals surface area (Å²) in [6, 6.07) is 4.58. The van der Waals surface area contributed by atoms with E-state index in [1.54, 1.807) is 6.20 Å². The Bertz CT molecular complexity index is 932. The number of nitrogens with zero attached hydrogens (tertiary/aromatic N) is 2. The van der Waals surface area contributed by atoms with Crippen LogP contribution in [0.1, 0.15) is 44.2 Å². The Kier molecular flexibility index (Phi) is 3.66. The maximum atomic E-state index is 13.9. The number of β-amino-alcohol motifs (C(OH)–C–C–N with tert-alkyl or cyclic N) is 1. The summed E-state index contributed by atoms with van der Waals surface area (Å²) in [4.78, 5) is 6.94. The summed E-state index contributed by atoms with van der Waals surface area (Å²) in [5, 5.41) is 21.3. The third kappa shape index (κ3) is 2.76. The van der Waals surface area contributed by atoms with Crippen LogP contribution in [0.4, 0.5) is 10.1 Å². The molecule has 27 heavy (non-hydrogen) atoms. The molecule has 3 fully saturated rings. The summed E-state index contributed by atoms with van der Waals surface area (Å²) >= 11 is 3.21. The van der Waals surface area contributed by atoms with Gasteiger partial charge in [-0.1, -0.05) is 0 Å². The lowest BCUT2D eigenvalue weighted by Crippen LogP contribution is -2.35. The number of aromatic hydroxyl groups is 1. The Morgan fingerprint density at radius 1 is 1.22 bits per heavy atom. The molecule has 2 saturated carbocycles. The smallest absolute Gasteiger partial charge is 0.137 e. The topological polar surface area (TPSA) is 56.6 Å². The minimum absolute atomic E-state index is 0.00610. The molecule has 0 radical (unpaired) electrons. The fraction of sp³-hybridized carbons (Fsp3) is 0.476. The minimum atomic E-state index is -0.701. The molecular weight excluding hydrogens is 411 g/mol. The summed E-state index contributed by atoms with van der Waals surface area (Å²) in [5.41, 5.74) is 2.47. The highest BCUT2D eigenvalue weighted by Gasteiger charge is 2.61. The van der Waals surface area contributed by atoms with Crippen molar-refractivity contribution in [3.8, 4) is 16.9 Å². The van der Waals surface area contributed by atoms with Gasteiger partial charge in [-0.25, -0.2) is 4.39 Å². The summed E-state index contributed by atoms with van der Waals surface area (Å²) in [7, 11) is 0. The van der Waals surface area contributed by atoms with Crippen molar-refractivity contribution in [2.24, 2.45) is 5.41 Å². The van der Waals surface area contributed by atoms with Crippen molar-refractivity contribution in [1.82, 2.24) is 4.98 Å². The number of hydrogen-bond donors (Lipinski definition) is 2. The van der Waals surface area contributed by atoms with E-state index >= 15 is 0 Å². The van der Waals surface area contributed by atoms with E-state index in [0.29, 0.717) is 28.1 Å². The van der Waals surface area contributed by atoms with E-state index in [1.165, 1.54) is 12.1 Å². The van der Waals surface area contributed by atoms with Crippen LogP contribution in [0.3, 0.4) is 0 Å². The molecule has 0 bridgehead atoms. The van der Waals surface area contributed by atoms with Crippen LogP contribution in [0, 0.1) is 11.2 Å². The molecule has 2 aliphatic carbocycles. The second kappa shape index (κ2) is 5.67. The molecular formula is C21H22BrFN2O2. The predicted molar refractivity (Wildman–Crippen MR) is 105 cm³/mol. The summed E-state index contributed by atoms with van der Waals surface area (Å²) in [5.74, 6) is 0.0570. The monoisotopic (exact) mass is 432 g/mol. The number of phenols is 1. The Hall–Kier alpha value is -1.66. The first kappa shape index (κ1) is 17.4. The zero-order valence-electron chi connectivity index (χ0n) is 15.2. The van der Waals surface area contributed by atoms with Crippen molar-refractivity contribution in [2.45, 2.75) is 44.1 Å². The van der Waals surface area contributed by atoms with E-state index in [2.05, 4.69) is 20.8 Å². The fourth-order valence-electron chi connectivity index (χ4n) is 4.47. The predicted octanol–water partition coefficient (Wildman–Crippen LogP) is 4.58. The van der Waals surface area contributed by atoms with Crippen LogP contribution < -0.4 is 4.90 Å². The van der Waals surface area contributed by atoms with Gasteiger partial charge in [0.05, 0.1) is 21.5 Å². The molecule has 1 saturated heterocycles. The van der Waals surface area contributed by atoms with Gasteiger partial charge in [0.25, 0.3) is 0 Å². The number of anilines is 1. The van der Waals surface area contributed by atoms with Gasteiger partial charge in [-0.15, -0.1) is 0 Å². The molecule has 2 aromatic rings. The number of phenolic OH excluding ortho intramolecular Hbond substituents is 1. The standard InChI is InChI=1S/C21H22BrFN2O2/c1-20(27)10-25(11-21(20)4-5-21)17-6-13(9-24-18(17)12-2-3-12)15-7-14(23)8-16(22)19(15)26/h6-9,12,26-27H,2-5,10-11H2,1H3. The second-order valence-corrected chi connectivity index (χ2v) is 9.45. The lowest BCUT2D eigenvalue weighted by Gasteiger charge is -2.24. The Morgan fingerprint density at radius 3 is 2.59 bits per heavy atom. The molecule has 1 atom stereocenters. The highest BCUT2D eigenvalue weighted by atomic mass is 79.9. The molecule has 0 amide bonds. The molecule has 2 N–H and O–H groups in total. The first-order chi connectivity index (χ1) is 12.8. The second-order valence-electron chi connectivity index (χ2n) is 8.60. The van der Waals surface area contributed by atoms with Crippen LogP contribution >= 0.6 is 15.9 Å². The van der Waals surface area contributed by atoms with E-state index in [4.69, 9.17) is 4.98 Å². The van der Waals surface area contributed by atoms with Crippen LogP contribution in [-0.4, -0.2) is 33.9 Å². The summed E-state index contributed by atoms with van der Waals surface area (Å²) in [6.07, 6.45) is 6.09. The Morgan fingerprint density at radius 2 is 1.96 bits per heavy atom. The van der Waals surface area contributed by atoms with Crippen molar-refractivity contribution in [2.75, 3.05) is 18.0 Å². The van der Waals surface area contributed by atoms with Crippen molar-refractivity contribution in [3.05, 3.63) is 40.4 Å². The molecule has 1 spiro atoms. The van der Waals surface area contributed by atoms with Gasteiger partial charge < -0.3 is 15.1 Å². The average Bonchev–Trinajstić information content (AvgIpc) is 3.50. The number of halogens is 2. The molecule has 6 heteroatoms. The van der Waals surface area contributed by atoms with Gasteiger partial charge in [-0.3, -0.25) is 4.98 Å². The largest absolute Gasteiger partial charge is 0.506 e. The van der Waals surface area contributed by atoms with Gasteiger partial charge in [0.2, 0.25) is 0 Å². The average molecular weight is 433 g/mol. The maximum absolute atomic E-state index is 13.9. The quantitative estimate of drug-likeness (QED) is 0.744. The van der Waals surface area contributed by atoms with Crippen molar-refractivity contribution < 1.29 is 14.6 Å². The first-order valence-corrected chi connectivity index (χ1v) is 10.2. The van der Waals surface area contributed by atoms with Gasteiger partial charge in [-0.2, -0.15) is 0 Å². The zero-order valence-corrected chi connectivity index (χ0v) is 16.8. The number of benzene rings is 1. The van der Waals surface area contributed by atoms with Crippen molar-refractivity contribution in [3.63, 3.8) is 0 Å². The number of pyridine rings is 1. The maximum Gasteiger partial charge on any atom is 0.137 e.